The number of rotatable bonds is 1. The van der Waals surface area contributed by atoms with E-state index in [9.17, 15) is 13.2 Å². The Hall–Kier alpha value is -0.200. The quantitative estimate of drug-likeness (QED) is 0.800. The van der Waals surface area contributed by atoms with Gasteiger partial charge in [0.05, 0.1) is 9.35 Å². The summed E-state index contributed by atoms with van der Waals surface area (Å²) in [6, 6.07) is 0. The van der Waals surface area contributed by atoms with Crippen molar-refractivity contribution < 1.29 is 13.2 Å². The van der Waals surface area contributed by atoms with Crippen molar-refractivity contribution in [2.24, 2.45) is 0 Å². The summed E-state index contributed by atoms with van der Waals surface area (Å²) in [5, 5.41) is 0. The minimum absolute atomic E-state index is 0.0429. The second-order valence-electron chi connectivity index (χ2n) is 3.57. The van der Waals surface area contributed by atoms with Crippen LogP contribution in [0.3, 0.4) is 0 Å². The molecule has 1 aromatic rings. The number of fused-ring (bicyclic) bond motifs is 1. The van der Waals surface area contributed by atoms with Crippen LogP contribution < -0.4 is 0 Å². The van der Waals surface area contributed by atoms with E-state index in [0.29, 0.717) is 12.0 Å². The maximum absolute atomic E-state index is 11.7. The van der Waals surface area contributed by atoms with Crippen LogP contribution in [0, 0.1) is 0 Å². The number of Topliss-reactive ketones (excluding diaryl/α,β-unsaturated/α-hetero) is 1. The summed E-state index contributed by atoms with van der Waals surface area (Å²) in [7, 11) is -3.29. The molecule has 1 aliphatic rings. The number of thiophene rings is 1. The second-order valence-corrected chi connectivity index (χ2v) is 8.12. The summed E-state index contributed by atoms with van der Waals surface area (Å²) in [4.78, 5) is 11.7. The molecule has 0 aliphatic heterocycles. The largest absolute Gasteiger partial charge is 0.294 e. The molecule has 0 spiro atoms. The maximum Gasteiger partial charge on any atom is 0.185 e. The molecule has 1 aromatic heterocycles. The van der Waals surface area contributed by atoms with Crippen LogP contribution in [0.2, 0.25) is 0 Å². The lowest BCUT2D eigenvalue weighted by Crippen LogP contribution is -2.12. The summed E-state index contributed by atoms with van der Waals surface area (Å²) < 4.78 is 24.0. The third-order valence-corrected chi connectivity index (χ3v) is 6.19. The molecule has 82 valence electrons. The van der Waals surface area contributed by atoms with Crippen molar-refractivity contribution in [1.82, 2.24) is 0 Å². The van der Waals surface area contributed by atoms with E-state index < -0.39 is 9.84 Å². The van der Waals surface area contributed by atoms with E-state index in [0.717, 1.165) is 39.8 Å². The number of ketones is 1. The van der Waals surface area contributed by atoms with Gasteiger partial charge >= 0.3 is 0 Å². The highest BCUT2D eigenvalue weighted by Crippen LogP contribution is 2.40. The Morgan fingerprint density at radius 2 is 2.00 bits per heavy atom. The molecular weight excluding hydrogens is 300 g/mol. The van der Waals surface area contributed by atoms with Crippen molar-refractivity contribution in [3.63, 3.8) is 0 Å². The average molecular weight is 309 g/mol. The molecule has 0 radical (unpaired) electrons. The Morgan fingerprint density at radius 1 is 1.33 bits per heavy atom. The summed E-state index contributed by atoms with van der Waals surface area (Å²) in [6.07, 6.45) is 3.20. The van der Waals surface area contributed by atoms with Crippen LogP contribution in [0.25, 0.3) is 0 Å². The zero-order valence-corrected chi connectivity index (χ0v) is 11.3. The van der Waals surface area contributed by atoms with E-state index in [-0.39, 0.29) is 9.99 Å². The molecule has 0 bridgehead atoms. The Morgan fingerprint density at radius 3 is 2.60 bits per heavy atom. The van der Waals surface area contributed by atoms with Crippen molar-refractivity contribution >= 4 is 42.9 Å². The van der Waals surface area contributed by atoms with Crippen molar-refractivity contribution in [3.8, 4) is 0 Å². The van der Waals surface area contributed by atoms with Gasteiger partial charge in [-0.3, -0.25) is 4.79 Å². The zero-order valence-electron chi connectivity index (χ0n) is 8.04. The van der Waals surface area contributed by atoms with Crippen LogP contribution in [-0.2, 0) is 16.3 Å². The SMILES string of the molecule is CS(=O)(=O)c1sc(Br)c2c1C(=O)CCC2. The predicted molar refractivity (Wildman–Crippen MR) is 62.4 cm³/mol. The molecule has 0 saturated carbocycles. The lowest BCUT2D eigenvalue weighted by molar-refractivity contribution is 0.0970. The molecule has 3 nitrogen and oxygen atoms in total. The lowest BCUT2D eigenvalue weighted by atomic mass is 9.95. The summed E-state index contributed by atoms with van der Waals surface area (Å²) in [6.45, 7) is 0. The van der Waals surface area contributed by atoms with Gasteiger partial charge in [0.25, 0.3) is 0 Å². The maximum atomic E-state index is 11.7. The van der Waals surface area contributed by atoms with E-state index >= 15 is 0 Å². The molecule has 0 atom stereocenters. The number of sulfone groups is 1. The Labute approximate surface area is 101 Å². The third-order valence-electron chi connectivity index (χ3n) is 2.37. The molecule has 0 fully saturated rings. The van der Waals surface area contributed by atoms with Crippen LogP contribution in [-0.4, -0.2) is 20.5 Å². The van der Waals surface area contributed by atoms with E-state index in [4.69, 9.17) is 0 Å². The highest BCUT2D eigenvalue weighted by Gasteiger charge is 2.29. The van der Waals surface area contributed by atoms with Gasteiger partial charge in [0.1, 0.15) is 4.21 Å². The number of halogens is 1. The van der Waals surface area contributed by atoms with Gasteiger partial charge in [-0.15, -0.1) is 11.3 Å². The highest BCUT2D eigenvalue weighted by atomic mass is 79.9. The number of hydrogen-bond donors (Lipinski definition) is 0. The van der Waals surface area contributed by atoms with Gasteiger partial charge in [0.15, 0.2) is 15.6 Å². The highest BCUT2D eigenvalue weighted by molar-refractivity contribution is 9.11. The van der Waals surface area contributed by atoms with Gasteiger partial charge in [-0.2, -0.15) is 0 Å². The van der Waals surface area contributed by atoms with Gasteiger partial charge in [-0.1, -0.05) is 0 Å². The first-order valence-electron chi connectivity index (χ1n) is 4.45. The normalized spacial score (nSPS) is 16.5. The fourth-order valence-corrected chi connectivity index (χ4v) is 5.23. The molecule has 2 rings (SSSR count). The Bertz CT molecular complexity index is 528. The molecule has 1 heterocycles. The van der Waals surface area contributed by atoms with Gasteiger partial charge < -0.3 is 0 Å². The second kappa shape index (κ2) is 3.68. The van der Waals surface area contributed by atoms with Crippen molar-refractivity contribution in [3.05, 3.63) is 14.9 Å². The van der Waals surface area contributed by atoms with Crippen molar-refractivity contribution in [2.45, 2.75) is 23.5 Å². The summed E-state index contributed by atoms with van der Waals surface area (Å²) in [5.74, 6) is -0.0429. The molecule has 0 aromatic carbocycles. The van der Waals surface area contributed by atoms with Crippen molar-refractivity contribution in [2.75, 3.05) is 6.26 Å². The molecule has 0 saturated heterocycles. The zero-order chi connectivity index (χ0) is 11.2. The fourth-order valence-electron chi connectivity index (χ4n) is 1.73. The third kappa shape index (κ3) is 1.90. The molecule has 0 unspecified atom stereocenters. The van der Waals surface area contributed by atoms with E-state index in [1.165, 1.54) is 0 Å². The molecule has 6 heteroatoms. The topological polar surface area (TPSA) is 51.2 Å². The smallest absolute Gasteiger partial charge is 0.185 e. The van der Waals surface area contributed by atoms with Gasteiger partial charge in [0, 0.05) is 12.7 Å². The standard InChI is InChI=1S/C9H9BrO3S2/c1-15(12,13)9-7-5(8(10)14-9)3-2-4-6(7)11/h2-4H2,1H3. The van der Waals surface area contributed by atoms with Crippen LogP contribution in [0.1, 0.15) is 28.8 Å². The van der Waals surface area contributed by atoms with Gasteiger partial charge in [0.2, 0.25) is 0 Å². The lowest BCUT2D eigenvalue weighted by Gasteiger charge is -2.11. The molecule has 15 heavy (non-hydrogen) atoms. The Kier molecular flexibility index (Phi) is 2.77. The molecule has 0 amide bonds. The number of carbonyl (C=O) groups is 1. The van der Waals surface area contributed by atoms with E-state index in [1.807, 2.05) is 0 Å². The van der Waals surface area contributed by atoms with Crippen LogP contribution in [0.4, 0.5) is 0 Å². The first kappa shape index (κ1) is 11.3. The van der Waals surface area contributed by atoms with Crippen LogP contribution in [0.5, 0.6) is 0 Å². The summed E-state index contributed by atoms with van der Waals surface area (Å²) >= 11 is 4.47. The van der Waals surface area contributed by atoms with Gasteiger partial charge in [-0.25, -0.2) is 8.42 Å². The van der Waals surface area contributed by atoms with E-state index in [2.05, 4.69) is 15.9 Å². The molecule has 1 aliphatic carbocycles. The average Bonchev–Trinajstić information content (AvgIpc) is 2.45. The fraction of sp³-hybridized carbons (Fsp3) is 0.444. The Balaban J connectivity index is 2.74. The molecular formula is C9H9BrO3S2. The van der Waals surface area contributed by atoms with Crippen LogP contribution in [0.15, 0.2) is 8.00 Å². The first-order chi connectivity index (χ1) is 6.91. The first-order valence-corrected chi connectivity index (χ1v) is 7.96. The van der Waals surface area contributed by atoms with Crippen LogP contribution >= 0.6 is 27.3 Å². The number of carbonyl (C=O) groups excluding carboxylic acids is 1. The molecule has 0 N–H and O–H groups in total. The van der Waals surface area contributed by atoms with Gasteiger partial charge in [-0.05, 0) is 34.3 Å². The van der Waals surface area contributed by atoms with Crippen molar-refractivity contribution in [1.29, 1.82) is 0 Å². The summed E-state index contributed by atoms with van der Waals surface area (Å²) in [5.41, 5.74) is 1.30. The van der Waals surface area contributed by atoms with E-state index in [1.54, 1.807) is 0 Å². The minimum Gasteiger partial charge on any atom is -0.294 e. The number of hydrogen-bond acceptors (Lipinski definition) is 4. The monoisotopic (exact) mass is 308 g/mol. The minimum atomic E-state index is -3.29. The predicted octanol–water partition coefficient (Wildman–Crippen LogP) is 2.43.